The van der Waals surface area contributed by atoms with Gasteiger partial charge in [0, 0.05) is 42.7 Å². The first-order valence-corrected chi connectivity index (χ1v) is 9.15. The normalized spacial score (nSPS) is 17.5. The molecule has 1 aromatic carbocycles. The molecular weight excluding hydrogens is 302 g/mol. The fraction of sp³-hybridized carbons (Fsp3) is 0.421. The summed E-state index contributed by atoms with van der Waals surface area (Å²) in [6.07, 6.45) is 7.13. The molecule has 4 heteroatoms. The van der Waals surface area contributed by atoms with E-state index < -0.39 is 0 Å². The van der Waals surface area contributed by atoms with Gasteiger partial charge in [0.05, 0.1) is 5.69 Å². The average molecular weight is 330 g/mol. The molecule has 1 aliphatic rings. The summed E-state index contributed by atoms with van der Waals surface area (Å²) in [7, 11) is 0. The number of nitrogens with zero attached hydrogens (tertiary/aromatic N) is 2. The van der Waals surface area contributed by atoms with E-state index in [1.54, 1.807) is 0 Å². The predicted molar refractivity (Wildman–Crippen MR) is 103 cm³/mol. The predicted octanol–water partition coefficient (Wildman–Crippen LogP) is 4.25. The van der Waals surface area contributed by atoms with E-state index in [9.17, 15) is 0 Å². The molecule has 1 unspecified atom stereocenters. The van der Waals surface area contributed by atoms with Gasteiger partial charge in [0.15, 0.2) is 0 Å². The third kappa shape index (κ3) is 5.56. The number of hydrogen-bond donors (Lipinski definition) is 1. The summed E-state index contributed by atoms with van der Waals surface area (Å²) < 4.78 is 0. The minimum atomic E-state index is 0.379. The molecule has 0 bridgehead atoms. The van der Waals surface area contributed by atoms with Crippen molar-refractivity contribution in [1.29, 1.82) is 0 Å². The Hall–Kier alpha value is -1.52. The summed E-state index contributed by atoms with van der Waals surface area (Å²) in [5.74, 6) is 1.16. The zero-order valence-corrected chi connectivity index (χ0v) is 15.0. The highest BCUT2D eigenvalue weighted by atomic mass is 32.2. The quantitative estimate of drug-likeness (QED) is 0.366. The van der Waals surface area contributed by atoms with Gasteiger partial charge in [-0.3, -0.25) is 0 Å². The van der Waals surface area contributed by atoms with Gasteiger partial charge in [-0.15, -0.1) is 18.3 Å². The second-order valence-corrected chi connectivity index (χ2v) is 6.98. The van der Waals surface area contributed by atoms with Crippen LogP contribution in [0.5, 0.6) is 0 Å². The van der Waals surface area contributed by atoms with Gasteiger partial charge in [-0.2, -0.15) is 0 Å². The van der Waals surface area contributed by atoms with Gasteiger partial charge in [0.1, 0.15) is 5.84 Å². The summed E-state index contributed by atoms with van der Waals surface area (Å²) in [4.78, 5) is 8.63. The van der Waals surface area contributed by atoms with Crippen molar-refractivity contribution in [2.45, 2.75) is 30.4 Å². The number of hydrogen-bond acceptors (Lipinski definition) is 3. The first-order chi connectivity index (χ1) is 11.2. The van der Waals surface area contributed by atoms with Gasteiger partial charge in [0.2, 0.25) is 0 Å². The van der Waals surface area contributed by atoms with Crippen LogP contribution >= 0.6 is 11.8 Å². The number of amidine groups is 1. The van der Waals surface area contributed by atoms with Gasteiger partial charge in [-0.05, 0) is 26.0 Å². The van der Waals surface area contributed by atoms with Crippen molar-refractivity contribution in [2.75, 3.05) is 26.2 Å². The molecule has 23 heavy (non-hydrogen) atoms. The Balaban J connectivity index is 2.27. The van der Waals surface area contributed by atoms with Crippen molar-refractivity contribution in [3.63, 3.8) is 0 Å². The fourth-order valence-corrected chi connectivity index (χ4v) is 3.32. The van der Waals surface area contributed by atoms with Gasteiger partial charge in [-0.1, -0.05) is 30.4 Å². The third-order valence-corrected chi connectivity index (χ3v) is 4.94. The highest BCUT2D eigenvalue weighted by Crippen LogP contribution is 2.33. The third-order valence-electron chi connectivity index (χ3n) is 3.78. The van der Waals surface area contributed by atoms with Crippen molar-refractivity contribution in [3.05, 3.63) is 49.1 Å². The zero-order valence-electron chi connectivity index (χ0n) is 14.2. The van der Waals surface area contributed by atoms with Gasteiger partial charge in [-0.25, -0.2) is 4.99 Å². The van der Waals surface area contributed by atoms with Crippen LogP contribution in [-0.4, -0.2) is 42.2 Å². The number of para-hydroxylation sites is 1. The van der Waals surface area contributed by atoms with Crippen LogP contribution in [0.15, 0.2) is 59.0 Å². The number of nitrogens with one attached hydrogen (secondary N) is 1. The van der Waals surface area contributed by atoms with E-state index in [1.165, 1.54) is 4.90 Å². The molecular formula is C19H27N3S. The van der Waals surface area contributed by atoms with Crippen LogP contribution in [0, 0.1) is 0 Å². The number of rotatable bonds is 6. The van der Waals surface area contributed by atoms with Crippen LogP contribution in [0.1, 0.15) is 20.3 Å². The van der Waals surface area contributed by atoms with Crippen LogP contribution < -0.4 is 5.32 Å². The SMILES string of the molecule is C=CC(C)Sc1ccccc1N=C(C/C=C\C)N1CCNCC1. The number of allylic oxidation sites excluding steroid dienone is 1. The zero-order chi connectivity index (χ0) is 16.5. The molecule has 1 aliphatic heterocycles. The molecule has 0 saturated carbocycles. The van der Waals surface area contributed by atoms with Crippen molar-refractivity contribution in [2.24, 2.45) is 4.99 Å². The monoisotopic (exact) mass is 329 g/mol. The highest BCUT2D eigenvalue weighted by Gasteiger charge is 2.14. The van der Waals surface area contributed by atoms with Crippen LogP contribution in [0.2, 0.25) is 0 Å². The number of piperazine rings is 1. The Morgan fingerprint density at radius 3 is 2.83 bits per heavy atom. The lowest BCUT2D eigenvalue weighted by Crippen LogP contribution is -2.46. The number of aliphatic imine (C=N–C) groups is 1. The van der Waals surface area contributed by atoms with Gasteiger partial charge < -0.3 is 10.2 Å². The Morgan fingerprint density at radius 1 is 1.39 bits per heavy atom. The average Bonchev–Trinajstić information content (AvgIpc) is 2.60. The first-order valence-electron chi connectivity index (χ1n) is 8.27. The van der Waals surface area contributed by atoms with E-state index >= 15 is 0 Å². The fourth-order valence-electron chi connectivity index (χ4n) is 2.43. The van der Waals surface area contributed by atoms with Crippen molar-refractivity contribution < 1.29 is 0 Å². The molecule has 1 saturated heterocycles. The largest absolute Gasteiger partial charge is 0.357 e. The second kappa shape index (κ2) is 9.58. The van der Waals surface area contributed by atoms with E-state index in [4.69, 9.17) is 4.99 Å². The molecule has 1 heterocycles. The van der Waals surface area contributed by atoms with Crippen LogP contribution in [0.25, 0.3) is 0 Å². The summed E-state index contributed by atoms with van der Waals surface area (Å²) in [6, 6.07) is 8.39. The molecule has 0 amide bonds. The summed E-state index contributed by atoms with van der Waals surface area (Å²) in [5.41, 5.74) is 1.06. The Kier molecular flexibility index (Phi) is 7.43. The van der Waals surface area contributed by atoms with Crippen molar-refractivity contribution in [1.82, 2.24) is 10.2 Å². The topological polar surface area (TPSA) is 27.6 Å². The van der Waals surface area contributed by atoms with Crippen LogP contribution in [0.4, 0.5) is 5.69 Å². The molecule has 1 N–H and O–H groups in total. The van der Waals surface area contributed by atoms with Crippen molar-refractivity contribution >= 4 is 23.3 Å². The molecule has 0 aliphatic carbocycles. The van der Waals surface area contributed by atoms with Gasteiger partial charge >= 0.3 is 0 Å². The first kappa shape index (κ1) is 17.8. The minimum Gasteiger partial charge on any atom is -0.357 e. The highest BCUT2D eigenvalue weighted by molar-refractivity contribution is 8.00. The molecule has 1 atom stereocenters. The molecule has 124 valence electrons. The van der Waals surface area contributed by atoms with Crippen LogP contribution in [-0.2, 0) is 0 Å². The maximum Gasteiger partial charge on any atom is 0.109 e. The van der Waals surface area contributed by atoms with Crippen LogP contribution in [0.3, 0.4) is 0 Å². The summed E-state index contributed by atoms with van der Waals surface area (Å²) in [6.45, 7) is 12.2. The van der Waals surface area contributed by atoms with Gasteiger partial charge in [0.25, 0.3) is 0 Å². The Bertz CT molecular complexity index is 559. The lowest BCUT2D eigenvalue weighted by atomic mass is 10.2. The number of benzene rings is 1. The van der Waals surface area contributed by atoms with Crippen molar-refractivity contribution in [3.8, 4) is 0 Å². The van der Waals surface area contributed by atoms with E-state index in [0.29, 0.717) is 5.25 Å². The van der Waals surface area contributed by atoms with E-state index in [-0.39, 0.29) is 0 Å². The molecule has 1 aromatic rings. The molecule has 0 radical (unpaired) electrons. The number of thioether (sulfide) groups is 1. The molecule has 0 aromatic heterocycles. The Labute approximate surface area is 144 Å². The van der Waals surface area contributed by atoms with E-state index in [1.807, 2.05) is 17.8 Å². The molecule has 3 nitrogen and oxygen atoms in total. The lowest BCUT2D eigenvalue weighted by Gasteiger charge is -2.30. The van der Waals surface area contributed by atoms with E-state index in [0.717, 1.165) is 44.1 Å². The standard InChI is InChI=1S/C19H27N3S/c1-4-6-11-19(22-14-12-20-13-15-22)21-17-9-7-8-10-18(17)23-16(3)5-2/h4-10,16,20H,2,11-15H2,1,3H3/b6-4-,21-19?. The Morgan fingerprint density at radius 2 is 2.13 bits per heavy atom. The summed E-state index contributed by atoms with van der Waals surface area (Å²) >= 11 is 1.81. The summed E-state index contributed by atoms with van der Waals surface area (Å²) in [5, 5.41) is 3.78. The molecule has 1 fully saturated rings. The maximum atomic E-state index is 5.02. The molecule has 0 spiro atoms. The second-order valence-electron chi connectivity index (χ2n) is 5.56. The maximum absolute atomic E-state index is 5.02. The molecule has 2 rings (SSSR count). The lowest BCUT2D eigenvalue weighted by molar-refractivity contribution is 0.353. The van der Waals surface area contributed by atoms with E-state index in [2.05, 4.69) is 67.1 Å². The minimum absolute atomic E-state index is 0.379. The smallest absolute Gasteiger partial charge is 0.109 e.